The third kappa shape index (κ3) is 2.52. The van der Waals surface area contributed by atoms with Crippen molar-refractivity contribution < 1.29 is 0 Å². The summed E-state index contributed by atoms with van der Waals surface area (Å²) in [6.07, 6.45) is 4.06. The Hall–Kier alpha value is -1.12. The standard InChI is InChI=1S/C12H12Cl2N2/c1-16-6-5-9(8-16)7-15-12-10(13)3-2-4-11(12)14/h2-6,8,15H,7H2,1H3. The number of hydrogen-bond donors (Lipinski definition) is 1. The summed E-state index contributed by atoms with van der Waals surface area (Å²) in [5.41, 5.74) is 1.98. The minimum Gasteiger partial charge on any atom is -0.378 e. The Balaban J connectivity index is 2.10. The lowest BCUT2D eigenvalue weighted by molar-refractivity contribution is 0.920. The van der Waals surface area contributed by atoms with Gasteiger partial charge >= 0.3 is 0 Å². The lowest BCUT2D eigenvalue weighted by Crippen LogP contribution is -1.99. The van der Waals surface area contributed by atoms with Crippen molar-refractivity contribution in [1.82, 2.24) is 4.57 Å². The molecule has 1 aromatic carbocycles. The molecule has 1 N–H and O–H groups in total. The summed E-state index contributed by atoms with van der Waals surface area (Å²) in [5, 5.41) is 4.52. The summed E-state index contributed by atoms with van der Waals surface area (Å²) < 4.78 is 2.01. The van der Waals surface area contributed by atoms with Crippen molar-refractivity contribution in [3.63, 3.8) is 0 Å². The van der Waals surface area contributed by atoms with E-state index in [2.05, 4.69) is 17.6 Å². The highest BCUT2D eigenvalue weighted by Gasteiger charge is 2.04. The minimum atomic E-state index is 0.642. The number of benzene rings is 1. The van der Waals surface area contributed by atoms with Crippen LogP contribution in [0.2, 0.25) is 10.0 Å². The first kappa shape index (κ1) is 11.4. The van der Waals surface area contributed by atoms with Crippen molar-refractivity contribution in [3.05, 3.63) is 52.3 Å². The topological polar surface area (TPSA) is 17.0 Å². The quantitative estimate of drug-likeness (QED) is 0.878. The van der Waals surface area contributed by atoms with Crippen LogP contribution in [0.3, 0.4) is 0 Å². The molecule has 0 fully saturated rings. The van der Waals surface area contributed by atoms with Crippen molar-refractivity contribution in [2.24, 2.45) is 7.05 Å². The first-order valence-electron chi connectivity index (χ1n) is 4.95. The summed E-state index contributed by atoms with van der Waals surface area (Å²) in [4.78, 5) is 0. The van der Waals surface area contributed by atoms with Gasteiger partial charge in [0.2, 0.25) is 0 Å². The van der Waals surface area contributed by atoms with Gasteiger partial charge in [0.1, 0.15) is 0 Å². The van der Waals surface area contributed by atoms with Crippen LogP contribution in [-0.2, 0) is 13.6 Å². The Kier molecular flexibility index (Phi) is 3.42. The second-order valence-corrected chi connectivity index (χ2v) is 4.45. The molecule has 0 saturated carbocycles. The van der Waals surface area contributed by atoms with Gasteiger partial charge in [-0.1, -0.05) is 29.3 Å². The Morgan fingerprint density at radius 2 is 1.88 bits per heavy atom. The van der Waals surface area contributed by atoms with Gasteiger partial charge in [-0.15, -0.1) is 0 Å². The molecule has 84 valence electrons. The summed E-state index contributed by atoms with van der Waals surface area (Å²) in [5.74, 6) is 0. The van der Waals surface area contributed by atoms with Crippen LogP contribution in [0.4, 0.5) is 5.69 Å². The number of nitrogens with one attached hydrogen (secondary N) is 1. The van der Waals surface area contributed by atoms with Gasteiger partial charge in [0, 0.05) is 26.0 Å². The van der Waals surface area contributed by atoms with Crippen LogP contribution >= 0.6 is 23.2 Å². The van der Waals surface area contributed by atoms with Gasteiger partial charge in [-0.25, -0.2) is 0 Å². The molecule has 1 aromatic heterocycles. The van der Waals surface area contributed by atoms with E-state index in [9.17, 15) is 0 Å². The van der Waals surface area contributed by atoms with Gasteiger partial charge in [0.25, 0.3) is 0 Å². The smallest absolute Gasteiger partial charge is 0.0721 e. The molecule has 1 heterocycles. The van der Waals surface area contributed by atoms with Crippen LogP contribution in [0.5, 0.6) is 0 Å². The fourth-order valence-corrected chi connectivity index (χ4v) is 2.05. The highest BCUT2D eigenvalue weighted by molar-refractivity contribution is 6.39. The highest BCUT2D eigenvalue weighted by Crippen LogP contribution is 2.30. The fraction of sp³-hybridized carbons (Fsp3) is 0.167. The molecule has 0 aliphatic heterocycles. The number of aromatic nitrogens is 1. The van der Waals surface area contributed by atoms with E-state index in [0.717, 1.165) is 5.69 Å². The number of aryl methyl sites for hydroxylation is 1. The zero-order chi connectivity index (χ0) is 11.5. The molecule has 0 amide bonds. The molecule has 0 saturated heterocycles. The molecule has 0 atom stereocenters. The first-order valence-corrected chi connectivity index (χ1v) is 5.71. The molecular formula is C12H12Cl2N2. The summed E-state index contributed by atoms with van der Waals surface area (Å²) in [7, 11) is 1.99. The second-order valence-electron chi connectivity index (χ2n) is 3.64. The van der Waals surface area contributed by atoms with Crippen LogP contribution in [0.25, 0.3) is 0 Å². The number of hydrogen-bond acceptors (Lipinski definition) is 1. The summed E-state index contributed by atoms with van der Waals surface area (Å²) in [6, 6.07) is 7.53. The predicted octanol–water partition coefficient (Wildman–Crippen LogP) is 3.94. The van der Waals surface area contributed by atoms with Crippen molar-refractivity contribution in [2.45, 2.75) is 6.54 Å². The van der Waals surface area contributed by atoms with Crippen molar-refractivity contribution in [1.29, 1.82) is 0 Å². The average molecular weight is 255 g/mol. The Bertz CT molecular complexity index is 471. The van der Waals surface area contributed by atoms with Crippen molar-refractivity contribution >= 4 is 28.9 Å². The monoisotopic (exact) mass is 254 g/mol. The average Bonchev–Trinajstić information content (AvgIpc) is 2.63. The molecule has 2 rings (SSSR count). The van der Waals surface area contributed by atoms with Crippen molar-refractivity contribution in [3.8, 4) is 0 Å². The summed E-state index contributed by atoms with van der Waals surface area (Å²) in [6.45, 7) is 0.713. The third-order valence-corrected chi connectivity index (χ3v) is 2.96. The van der Waals surface area contributed by atoms with Crippen LogP contribution in [0, 0.1) is 0 Å². The van der Waals surface area contributed by atoms with E-state index >= 15 is 0 Å². The molecule has 0 unspecified atom stereocenters. The molecule has 16 heavy (non-hydrogen) atoms. The van der Waals surface area contributed by atoms with Crippen LogP contribution in [-0.4, -0.2) is 4.57 Å². The van der Waals surface area contributed by atoms with E-state index in [1.807, 2.05) is 36.0 Å². The normalized spacial score (nSPS) is 10.4. The molecule has 4 heteroatoms. The molecule has 0 spiro atoms. The Morgan fingerprint density at radius 1 is 1.19 bits per heavy atom. The van der Waals surface area contributed by atoms with E-state index < -0.39 is 0 Å². The van der Waals surface area contributed by atoms with E-state index in [0.29, 0.717) is 16.6 Å². The van der Waals surface area contributed by atoms with Crippen molar-refractivity contribution in [2.75, 3.05) is 5.32 Å². The van der Waals surface area contributed by atoms with E-state index in [4.69, 9.17) is 23.2 Å². The fourth-order valence-electron chi connectivity index (χ4n) is 1.52. The molecular weight excluding hydrogens is 243 g/mol. The van der Waals surface area contributed by atoms with E-state index in [-0.39, 0.29) is 0 Å². The SMILES string of the molecule is Cn1ccc(CNc2c(Cl)cccc2Cl)c1. The maximum absolute atomic E-state index is 6.05. The number of anilines is 1. The maximum atomic E-state index is 6.05. The highest BCUT2D eigenvalue weighted by atomic mass is 35.5. The zero-order valence-corrected chi connectivity index (χ0v) is 10.4. The Labute approximate surface area is 105 Å². The number of nitrogens with zero attached hydrogens (tertiary/aromatic N) is 1. The lowest BCUT2D eigenvalue weighted by atomic mass is 10.3. The van der Waals surface area contributed by atoms with E-state index in [1.54, 1.807) is 0 Å². The molecule has 2 nitrogen and oxygen atoms in total. The third-order valence-electron chi connectivity index (χ3n) is 2.33. The van der Waals surface area contributed by atoms with Crippen LogP contribution in [0.1, 0.15) is 5.56 Å². The maximum Gasteiger partial charge on any atom is 0.0721 e. The second kappa shape index (κ2) is 4.81. The van der Waals surface area contributed by atoms with E-state index in [1.165, 1.54) is 5.56 Å². The summed E-state index contributed by atoms with van der Waals surface area (Å²) >= 11 is 12.1. The molecule has 0 radical (unpaired) electrons. The van der Waals surface area contributed by atoms with Gasteiger partial charge in [0.05, 0.1) is 15.7 Å². The van der Waals surface area contributed by atoms with Gasteiger partial charge in [-0.2, -0.15) is 0 Å². The molecule has 2 aromatic rings. The molecule has 0 bridgehead atoms. The molecule has 0 aliphatic rings. The first-order chi connectivity index (χ1) is 7.66. The van der Waals surface area contributed by atoms with Gasteiger partial charge in [-0.05, 0) is 23.8 Å². The lowest BCUT2D eigenvalue weighted by Gasteiger charge is -2.09. The zero-order valence-electron chi connectivity index (χ0n) is 8.87. The van der Waals surface area contributed by atoms with Crippen LogP contribution in [0.15, 0.2) is 36.7 Å². The van der Waals surface area contributed by atoms with Gasteiger partial charge in [-0.3, -0.25) is 0 Å². The number of para-hydroxylation sites is 1. The number of halogens is 2. The largest absolute Gasteiger partial charge is 0.378 e. The van der Waals surface area contributed by atoms with Crippen LogP contribution < -0.4 is 5.32 Å². The predicted molar refractivity (Wildman–Crippen MR) is 69.2 cm³/mol. The number of rotatable bonds is 3. The van der Waals surface area contributed by atoms with Gasteiger partial charge in [0.15, 0.2) is 0 Å². The minimum absolute atomic E-state index is 0.642. The molecule has 0 aliphatic carbocycles. The Morgan fingerprint density at radius 3 is 2.44 bits per heavy atom. The van der Waals surface area contributed by atoms with Gasteiger partial charge < -0.3 is 9.88 Å².